The van der Waals surface area contributed by atoms with E-state index in [4.69, 9.17) is 15.9 Å². The Morgan fingerprint density at radius 2 is 2.36 bits per heavy atom. The summed E-state index contributed by atoms with van der Waals surface area (Å²) < 4.78 is 0. The summed E-state index contributed by atoms with van der Waals surface area (Å²) in [6, 6.07) is -0.0439. The summed E-state index contributed by atoms with van der Waals surface area (Å²) in [5, 5.41) is 17.2. The summed E-state index contributed by atoms with van der Waals surface area (Å²) in [5.74, 6) is -1.36. The van der Waals surface area contributed by atoms with Gasteiger partial charge < -0.3 is 20.9 Å². The third kappa shape index (κ3) is 2.15. The Balaban J connectivity index is 3.20. The van der Waals surface area contributed by atoms with Crippen LogP contribution in [0.1, 0.15) is 22.4 Å². The molecule has 1 heterocycles. The molecule has 0 bridgehead atoms. The van der Waals surface area contributed by atoms with Gasteiger partial charge >= 0.3 is 5.97 Å². The van der Waals surface area contributed by atoms with E-state index in [0.717, 1.165) is 6.07 Å². The fourth-order valence-electron chi connectivity index (χ4n) is 0.848. The van der Waals surface area contributed by atoms with E-state index in [1.54, 1.807) is 0 Å². The van der Waals surface area contributed by atoms with Crippen molar-refractivity contribution in [2.45, 2.75) is 6.04 Å². The molecule has 1 aromatic rings. The maximum Gasteiger partial charge on any atom is 0.354 e. The fourth-order valence-corrected chi connectivity index (χ4v) is 0.848. The molecule has 0 amide bonds. The van der Waals surface area contributed by atoms with E-state index < -0.39 is 29.9 Å². The lowest BCUT2D eigenvalue weighted by atomic mass is 10.3. The molecule has 0 saturated heterocycles. The number of aromatic nitrogens is 2. The topological polar surface area (TPSA) is 129 Å². The zero-order valence-corrected chi connectivity index (χ0v) is 7.10. The van der Waals surface area contributed by atoms with Crippen molar-refractivity contribution in [2.24, 2.45) is 5.73 Å². The summed E-state index contributed by atoms with van der Waals surface area (Å²) in [7, 11) is 0. The molecule has 1 rings (SSSR count). The fraction of sp³-hybridized carbons (Fsp3) is 0.286. The van der Waals surface area contributed by atoms with Gasteiger partial charge in [-0.05, 0) is 0 Å². The molecule has 5 N–H and O–H groups in total. The second-order valence-corrected chi connectivity index (χ2v) is 2.61. The van der Waals surface area contributed by atoms with Gasteiger partial charge in [-0.3, -0.25) is 4.79 Å². The summed E-state index contributed by atoms with van der Waals surface area (Å²) in [6.45, 7) is -0.425. The monoisotopic (exact) mass is 199 g/mol. The SMILES string of the molecule is N[C@@H](CO)c1nc(C(=O)O)cc(=O)[nH]1. The van der Waals surface area contributed by atoms with E-state index >= 15 is 0 Å². The van der Waals surface area contributed by atoms with E-state index in [-0.39, 0.29) is 5.82 Å². The van der Waals surface area contributed by atoms with Gasteiger partial charge in [0.1, 0.15) is 5.82 Å². The van der Waals surface area contributed by atoms with E-state index in [1.807, 2.05) is 0 Å². The number of H-pyrrole nitrogens is 1. The number of nitrogens with two attached hydrogens (primary N) is 1. The minimum absolute atomic E-state index is 0.0441. The van der Waals surface area contributed by atoms with Crippen LogP contribution < -0.4 is 11.3 Å². The van der Waals surface area contributed by atoms with Crippen LogP contribution >= 0.6 is 0 Å². The molecule has 1 atom stereocenters. The zero-order chi connectivity index (χ0) is 10.7. The highest BCUT2D eigenvalue weighted by atomic mass is 16.4. The lowest BCUT2D eigenvalue weighted by Crippen LogP contribution is -2.24. The zero-order valence-electron chi connectivity index (χ0n) is 7.10. The molecular weight excluding hydrogens is 190 g/mol. The molecule has 1 aromatic heterocycles. The maximum absolute atomic E-state index is 10.9. The number of hydrogen-bond acceptors (Lipinski definition) is 5. The van der Waals surface area contributed by atoms with Crippen LogP contribution in [0.2, 0.25) is 0 Å². The van der Waals surface area contributed by atoms with Gasteiger partial charge in [-0.15, -0.1) is 0 Å². The second kappa shape index (κ2) is 3.99. The highest BCUT2D eigenvalue weighted by Crippen LogP contribution is 2.01. The molecule has 7 nitrogen and oxygen atoms in total. The molecule has 0 aliphatic heterocycles. The van der Waals surface area contributed by atoms with E-state index in [0.29, 0.717) is 0 Å². The quantitative estimate of drug-likeness (QED) is 0.466. The summed E-state index contributed by atoms with van der Waals surface area (Å²) in [4.78, 5) is 27.2. The minimum Gasteiger partial charge on any atom is -0.477 e. The number of nitrogens with zero attached hydrogens (tertiary/aromatic N) is 1. The van der Waals surface area contributed by atoms with Gasteiger partial charge in [0.25, 0.3) is 5.56 Å². The van der Waals surface area contributed by atoms with Crippen molar-refractivity contribution in [2.75, 3.05) is 6.61 Å². The Hall–Kier alpha value is -1.73. The number of aliphatic hydroxyl groups excluding tert-OH is 1. The average Bonchev–Trinajstić information content (AvgIpc) is 2.15. The molecule has 7 heteroatoms. The molecule has 76 valence electrons. The Morgan fingerprint density at radius 3 is 2.86 bits per heavy atom. The maximum atomic E-state index is 10.9. The van der Waals surface area contributed by atoms with Crippen LogP contribution in [0, 0.1) is 0 Å². The molecule has 0 aliphatic rings. The van der Waals surface area contributed by atoms with Crippen LogP contribution in [-0.2, 0) is 0 Å². The first-order valence-corrected chi connectivity index (χ1v) is 3.75. The molecular formula is C7H9N3O4. The third-order valence-corrected chi connectivity index (χ3v) is 1.53. The van der Waals surface area contributed by atoms with Crippen LogP contribution in [-0.4, -0.2) is 32.8 Å². The molecule has 0 radical (unpaired) electrons. The van der Waals surface area contributed by atoms with Crippen LogP contribution in [0.3, 0.4) is 0 Å². The molecule has 0 aliphatic carbocycles. The summed E-state index contributed by atoms with van der Waals surface area (Å²) >= 11 is 0. The van der Waals surface area contributed by atoms with Crippen molar-refractivity contribution in [1.82, 2.24) is 9.97 Å². The summed E-state index contributed by atoms with van der Waals surface area (Å²) in [5.41, 5.74) is 4.35. The first-order valence-electron chi connectivity index (χ1n) is 3.75. The molecule has 14 heavy (non-hydrogen) atoms. The van der Waals surface area contributed by atoms with Crippen molar-refractivity contribution in [3.05, 3.63) is 27.9 Å². The number of aliphatic hydroxyl groups is 1. The Kier molecular flexibility index (Phi) is 2.95. The number of aromatic amines is 1. The predicted molar refractivity (Wildman–Crippen MR) is 45.8 cm³/mol. The summed E-state index contributed by atoms with van der Waals surface area (Å²) in [6.07, 6.45) is 0. The second-order valence-electron chi connectivity index (χ2n) is 2.61. The number of nitrogens with one attached hydrogen (secondary N) is 1. The van der Waals surface area contributed by atoms with Gasteiger partial charge in [-0.2, -0.15) is 0 Å². The van der Waals surface area contributed by atoms with Crippen molar-refractivity contribution >= 4 is 5.97 Å². The van der Waals surface area contributed by atoms with Crippen molar-refractivity contribution in [3.8, 4) is 0 Å². The van der Waals surface area contributed by atoms with E-state index in [1.165, 1.54) is 0 Å². The molecule has 0 saturated carbocycles. The largest absolute Gasteiger partial charge is 0.477 e. The third-order valence-electron chi connectivity index (χ3n) is 1.53. The Bertz CT molecular complexity index is 400. The predicted octanol–water partition coefficient (Wildman–Crippen LogP) is -1.54. The number of rotatable bonds is 3. The van der Waals surface area contributed by atoms with E-state index in [2.05, 4.69) is 9.97 Å². The number of carboxylic acid groups (broad SMARTS) is 1. The van der Waals surface area contributed by atoms with E-state index in [9.17, 15) is 9.59 Å². The molecule has 0 fully saturated rings. The first kappa shape index (κ1) is 10.4. The van der Waals surface area contributed by atoms with Gasteiger partial charge in [0.2, 0.25) is 0 Å². The normalized spacial score (nSPS) is 12.4. The number of carboxylic acids is 1. The highest BCUT2D eigenvalue weighted by Gasteiger charge is 2.12. The van der Waals surface area contributed by atoms with Gasteiger partial charge in [0.15, 0.2) is 5.69 Å². The smallest absolute Gasteiger partial charge is 0.354 e. The molecule has 0 spiro atoms. The highest BCUT2D eigenvalue weighted by molar-refractivity contribution is 5.85. The van der Waals surface area contributed by atoms with Gasteiger partial charge in [0.05, 0.1) is 12.6 Å². The van der Waals surface area contributed by atoms with Crippen LogP contribution in [0.4, 0.5) is 0 Å². The minimum atomic E-state index is -1.32. The first-order chi connectivity index (χ1) is 6.54. The van der Waals surface area contributed by atoms with Crippen LogP contribution in [0.15, 0.2) is 10.9 Å². The average molecular weight is 199 g/mol. The number of hydrogen-bond donors (Lipinski definition) is 4. The standard InChI is InChI=1S/C7H9N3O4/c8-3(2-11)6-9-4(7(13)14)1-5(12)10-6/h1,3,11H,2,8H2,(H,13,14)(H,9,10,12)/t3-/m0/s1. The van der Waals surface area contributed by atoms with Gasteiger partial charge in [-0.1, -0.05) is 0 Å². The van der Waals surface area contributed by atoms with Crippen molar-refractivity contribution in [3.63, 3.8) is 0 Å². The Labute approximate surface area is 78.2 Å². The van der Waals surface area contributed by atoms with Crippen LogP contribution in [0.25, 0.3) is 0 Å². The lowest BCUT2D eigenvalue weighted by Gasteiger charge is -2.06. The van der Waals surface area contributed by atoms with Crippen molar-refractivity contribution < 1.29 is 15.0 Å². The van der Waals surface area contributed by atoms with Crippen molar-refractivity contribution in [1.29, 1.82) is 0 Å². The molecule has 0 unspecified atom stereocenters. The Morgan fingerprint density at radius 1 is 1.71 bits per heavy atom. The number of aromatic carboxylic acids is 1. The lowest BCUT2D eigenvalue weighted by molar-refractivity contribution is 0.0689. The van der Waals surface area contributed by atoms with Gasteiger partial charge in [-0.25, -0.2) is 9.78 Å². The van der Waals surface area contributed by atoms with Crippen LogP contribution in [0.5, 0.6) is 0 Å². The van der Waals surface area contributed by atoms with Gasteiger partial charge in [0, 0.05) is 6.07 Å². The number of carbonyl (C=O) groups is 1. The molecule has 0 aromatic carbocycles.